The maximum atomic E-state index is 14.8. The van der Waals surface area contributed by atoms with Gasteiger partial charge in [0.2, 0.25) is 0 Å². The molecule has 0 fully saturated rings. The van der Waals surface area contributed by atoms with E-state index in [4.69, 9.17) is 19.7 Å². The number of hydrogen-bond acceptors (Lipinski definition) is 6. The molecule has 0 atom stereocenters. The molecule has 2 amide bonds. The minimum absolute atomic E-state index is 0.00317. The molecule has 2 aromatic carbocycles. The van der Waals surface area contributed by atoms with Crippen LogP contribution in [0.2, 0.25) is 0 Å². The molecule has 210 valence electrons. The van der Waals surface area contributed by atoms with Gasteiger partial charge >= 0.3 is 6.03 Å². The number of rotatable bonds is 10. The summed E-state index contributed by atoms with van der Waals surface area (Å²) in [5.74, 6) is 0.627. The Hall–Kier alpha value is -4.28. The molecule has 10 heteroatoms. The molecule has 9 nitrogen and oxygen atoms in total. The van der Waals surface area contributed by atoms with Crippen LogP contribution in [0.5, 0.6) is 11.5 Å². The Morgan fingerprint density at radius 3 is 2.45 bits per heavy atom. The minimum atomic E-state index is -0.640. The number of hydrogen-bond donors (Lipinski definition) is 3. The van der Waals surface area contributed by atoms with E-state index in [1.54, 1.807) is 35.1 Å². The van der Waals surface area contributed by atoms with Crippen molar-refractivity contribution < 1.29 is 23.8 Å². The Morgan fingerprint density at radius 2 is 1.77 bits per heavy atom. The molecule has 0 radical (unpaired) electrons. The van der Waals surface area contributed by atoms with Gasteiger partial charge in [-0.15, -0.1) is 0 Å². The number of aliphatic hydroxyl groups excluding tert-OH is 1. The largest absolute Gasteiger partial charge is 0.457 e. The lowest BCUT2D eigenvalue weighted by Crippen LogP contribution is -2.22. The highest BCUT2D eigenvalue weighted by molar-refractivity contribution is 5.99. The third-order valence-corrected chi connectivity index (χ3v) is 5.91. The van der Waals surface area contributed by atoms with Crippen LogP contribution in [0.15, 0.2) is 66.9 Å². The molecular weight excluding hydrogens is 513 g/mol. The van der Waals surface area contributed by atoms with Gasteiger partial charge < -0.3 is 19.9 Å². The number of benzene rings is 2. The number of halogens is 1. The molecule has 40 heavy (non-hydrogen) atoms. The van der Waals surface area contributed by atoms with Crippen LogP contribution in [0.4, 0.5) is 20.7 Å². The van der Waals surface area contributed by atoms with Crippen molar-refractivity contribution in [1.82, 2.24) is 14.8 Å². The number of ether oxygens (including phenoxy) is 2. The number of pyridine rings is 1. The van der Waals surface area contributed by atoms with E-state index in [0.29, 0.717) is 37.0 Å². The van der Waals surface area contributed by atoms with Gasteiger partial charge in [-0.1, -0.05) is 32.9 Å². The molecule has 0 aliphatic rings. The number of aromatic nitrogens is 3. The van der Waals surface area contributed by atoms with E-state index >= 15 is 0 Å². The molecule has 0 unspecified atom stereocenters. The lowest BCUT2D eigenvalue weighted by molar-refractivity contribution is 0.104. The maximum Gasteiger partial charge on any atom is 0.324 e. The maximum absolute atomic E-state index is 14.8. The fraction of sp³-hybridized carbons (Fsp3) is 0.300. The standard InChI is InChI=1S/C30H34FN5O4/c1-20-16-24(12-13-32-20)40-23-10-11-26(25(31)17-23)33-29(38)34-28-18-27(30(2,3)4)35-36(28)22-8-6-21(7-9-22)19-39-15-5-14-37/h6-13,16-18,37H,5,14-15,19H2,1-4H3,(H2,33,34,38). The van der Waals surface area contributed by atoms with Crippen molar-refractivity contribution in [2.75, 3.05) is 23.8 Å². The van der Waals surface area contributed by atoms with Gasteiger partial charge in [-0.3, -0.25) is 10.3 Å². The smallest absolute Gasteiger partial charge is 0.324 e. The summed E-state index contributed by atoms with van der Waals surface area (Å²) in [6, 6.07) is 16.4. The normalized spacial score (nSPS) is 11.3. The number of urea groups is 1. The minimum Gasteiger partial charge on any atom is -0.457 e. The Labute approximate surface area is 233 Å². The zero-order valence-electron chi connectivity index (χ0n) is 23.1. The summed E-state index contributed by atoms with van der Waals surface area (Å²) in [6.07, 6.45) is 2.20. The van der Waals surface area contributed by atoms with Crippen molar-refractivity contribution in [3.8, 4) is 17.2 Å². The third-order valence-electron chi connectivity index (χ3n) is 5.91. The van der Waals surface area contributed by atoms with E-state index in [-0.39, 0.29) is 17.7 Å². The van der Waals surface area contributed by atoms with E-state index in [9.17, 15) is 9.18 Å². The van der Waals surface area contributed by atoms with Crippen LogP contribution in [-0.4, -0.2) is 39.1 Å². The first-order chi connectivity index (χ1) is 19.1. The van der Waals surface area contributed by atoms with Gasteiger partial charge in [0.05, 0.1) is 23.7 Å². The Kier molecular flexibility index (Phi) is 9.13. The van der Waals surface area contributed by atoms with Crippen molar-refractivity contribution >= 4 is 17.5 Å². The molecule has 0 aliphatic carbocycles. The first-order valence-electron chi connectivity index (χ1n) is 13.0. The van der Waals surface area contributed by atoms with Crippen LogP contribution < -0.4 is 15.4 Å². The van der Waals surface area contributed by atoms with Crippen molar-refractivity contribution in [1.29, 1.82) is 0 Å². The van der Waals surface area contributed by atoms with Gasteiger partial charge in [-0.05, 0) is 49.2 Å². The monoisotopic (exact) mass is 547 g/mol. The van der Waals surface area contributed by atoms with Crippen LogP contribution in [0.1, 0.15) is 44.1 Å². The van der Waals surface area contributed by atoms with Crippen molar-refractivity contribution in [2.24, 2.45) is 0 Å². The summed E-state index contributed by atoms with van der Waals surface area (Å²) in [5, 5.41) is 19.0. The molecule has 0 spiro atoms. The van der Waals surface area contributed by atoms with Crippen molar-refractivity contribution in [2.45, 2.75) is 46.1 Å². The van der Waals surface area contributed by atoms with Gasteiger partial charge in [0, 0.05) is 48.7 Å². The third kappa shape index (κ3) is 7.64. The number of nitrogens with one attached hydrogen (secondary N) is 2. The second-order valence-corrected chi connectivity index (χ2v) is 10.3. The predicted molar refractivity (Wildman–Crippen MR) is 152 cm³/mol. The summed E-state index contributed by atoms with van der Waals surface area (Å²) in [5.41, 5.74) is 3.00. The fourth-order valence-electron chi connectivity index (χ4n) is 3.77. The number of carbonyl (C=O) groups is 1. The second-order valence-electron chi connectivity index (χ2n) is 10.3. The lowest BCUT2D eigenvalue weighted by atomic mass is 9.92. The average Bonchev–Trinajstić information content (AvgIpc) is 3.33. The number of nitrogens with zero attached hydrogens (tertiary/aromatic N) is 3. The highest BCUT2D eigenvalue weighted by Crippen LogP contribution is 2.28. The SMILES string of the molecule is Cc1cc(Oc2ccc(NC(=O)Nc3cc(C(C)(C)C)nn3-c3ccc(COCCCO)cc3)c(F)c2)ccn1. The van der Waals surface area contributed by atoms with Gasteiger partial charge in [0.15, 0.2) is 0 Å². The van der Waals surface area contributed by atoms with Crippen LogP contribution >= 0.6 is 0 Å². The topological polar surface area (TPSA) is 111 Å². The second kappa shape index (κ2) is 12.7. The zero-order chi connectivity index (χ0) is 28.7. The molecule has 3 N–H and O–H groups in total. The van der Waals surface area contributed by atoms with Crippen LogP contribution in [-0.2, 0) is 16.8 Å². The van der Waals surface area contributed by atoms with Crippen LogP contribution in [0.25, 0.3) is 5.69 Å². The lowest BCUT2D eigenvalue weighted by Gasteiger charge is -2.14. The van der Waals surface area contributed by atoms with Crippen molar-refractivity contribution in [3.63, 3.8) is 0 Å². The van der Waals surface area contributed by atoms with E-state index in [1.807, 2.05) is 52.0 Å². The van der Waals surface area contributed by atoms with Gasteiger partial charge in [0.25, 0.3) is 0 Å². The Bertz CT molecular complexity index is 1450. The number of amides is 2. The Balaban J connectivity index is 1.47. The van der Waals surface area contributed by atoms with E-state index < -0.39 is 11.8 Å². The van der Waals surface area contributed by atoms with E-state index in [1.165, 1.54) is 12.1 Å². The molecule has 4 rings (SSSR count). The summed E-state index contributed by atoms with van der Waals surface area (Å²) < 4.78 is 27.7. The number of aryl methyl sites for hydroxylation is 1. The fourth-order valence-corrected chi connectivity index (χ4v) is 3.77. The molecular formula is C30H34FN5O4. The summed E-state index contributed by atoms with van der Waals surface area (Å²) in [6.45, 7) is 8.93. The first kappa shape index (κ1) is 28.7. The quantitative estimate of drug-likeness (QED) is 0.200. The first-order valence-corrected chi connectivity index (χ1v) is 13.0. The molecule has 0 saturated heterocycles. The summed E-state index contributed by atoms with van der Waals surface area (Å²) in [7, 11) is 0. The van der Waals surface area contributed by atoms with E-state index in [2.05, 4.69) is 15.6 Å². The van der Waals surface area contributed by atoms with Crippen LogP contribution in [0, 0.1) is 12.7 Å². The molecule has 4 aromatic rings. The molecule has 0 aliphatic heterocycles. The van der Waals surface area contributed by atoms with Crippen LogP contribution in [0.3, 0.4) is 0 Å². The predicted octanol–water partition coefficient (Wildman–Crippen LogP) is 6.35. The zero-order valence-corrected chi connectivity index (χ0v) is 23.1. The summed E-state index contributed by atoms with van der Waals surface area (Å²) >= 11 is 0. The van der Waals surface area contributed by atoms with E-state index in [0.717, 1.165) is 22.6 Å². The summed E-state index contributed by atoms with van der Waals surface area (Å²) in [4.78, 5) is 17.0. The highest BCUT2D eigenvalue weighted by atomic mass is 19.1. The highest BCUT2D eigenvalue weighted by Gasteiger charge is 2.22. The molecule has 2 heterocycles. The number of aliphatic hydroxyl groups is 1. The van der Waals surface area contributed by atoms with Gasteiger partial charge in [-0.2, -0.15) is 5.10 Å². The molecule has 0 saturated carbocycles. The van der Waals surface area contributed by atoms with Crippen molar-refractivity contribution in [3.05, 3.63) is 89.6 Å². The van der Waals surface area contributed by atoms with Gasteiger partial charge in [-0.25, -0.2) is 13.9 Å². The average molecular weight is 548 g/mol. The van der Waals surface area contributed by atoms with Gasteiger partial charge in [0.1, 0.15) is 23.1 Å². The number of carbonyl (C=O) groups excluding carboxylic acids is 1. The molecule has 0 bridgehead atoms. The molecule has 2 aromatic heterocycles. The Morgan fingerprint density at radius 1 is 1.02 bits per heavy atom. The number of anilines is 2.